The largest absolute Gasteiger partial charge is 0.376 e. The molecule has 1 fully saturated rings. The fourth-order valence-corrected chi connectivity index (χ4v) is 5.07. The average Bonchev–Trinajstić information content (AvgIpc) is 3.21. The topological polar surface area (TPSA) is 84.5 Å². The monoisotopic (exact) mass is 456 g/mol. The van der Waals surface area contributed by atoms with Crippen LogP contribution in [0.2, 0.25) is 10.0 Å². The zero-order valence-electron chi connectivity index (χ0n) is 15.6. The van der Waals surface area contributed by atoms with Gasteiger partial charge in [0, 0.05) is 18.2 Å². The smallest absolute Gasteiger partial charge is 0.242 e. The third kappa shape index (κ3) is 6.17. The summed E-state index contributed by atoms with van der Waals surface area (Å²) >= 11 is 12.0. The molecule has 0 saturated carbocycles. The summed E-state index contributed by atoms with van der Waals surface area (Å²) in [6, 6.07) is 12.3. The predicted octanol–water partition coefficient (Wildman–Crippen LogP) is 3.18. The van der Waals surface area contributed by atoms with E-state index in [1.807, 2.05) is 30.3 Å². The van der Waals surface area contributed by atoms with Gasteiger partial charge in [0.1, 0.15) is 10.9 Å². The highest BCUT2D eigenvalue weighted by Crippen LogP contribution is 2.25. The van der Waals surface area contributed by atoms with Crippen LogP contribution >= 0.6 is 23.2 Å². The van der Waals surface area contributed by atoms with E-state index in [4.69, 9.17) is 27.9 Å². The minimum absolute atomic E-state index is 0.0279. The van der Waals surface area contributed by atoms with Gasteiger partial charge in [-0.1, -0.05) is 53.5 Å². The molecule has 29 heavy (non-hydrogen) atoms. The average molecular weight is 457 g/mol. The Balaban J connectivity index is 1.79. The highest BCUT2D eigenvalue weighted by Gasteiger charge is 2.28. The minimum atomic E-state index is -4.07. The fraction of sp³-hybridized carbons (Fsp3) is 0.350. The maximum atomic E-state index is 12.9. The van der Waals surface area contributed by atoms with Crippen molar-refractivity contribution in [1.29, 1.82) is 0 Å². The molecule has 1 aliphatic heterocycles. The Hall–Kier alpha value is -1.64. The molecule has 3 rings (SSSR count). The summed E-state index contributed by atoms with van der Waals surface area (Å²) in [5.74, 6) is -0.425. The molecule has 0 radical (unpaired) electrons. The van der Waals surface area contributed by atoms with E-state index in [9.17, 15) is 13.2 Å². The Morgan fingerprint density at radius 1 is 1.17 bits per heavy atom. The van der Waals surface area contributed by atoms with Gasteiger partial charge in [-0.3, -0.25) is 4.79 Å². The second-order valence-electron chi connectivity index (χ2n) is 6.82. The molecule has 2 atom stereocenters. The highest BCUT2D eigenvalue weighted by atomic mass is 35.5. The molecule has 2 N–H and O–H groups in total. The Morgan fingerprint density at radius 2 is 1.93 bits per heavy atom. The molecule has 9 heteroatoms. The first-order chi connectivity index (χ1) is 13.8. The van der Waals surface area contributed by atoms with Gasteiger partial charge in [-0.2, -0.15) is 4.72 Å². The normalized spacial score (nSPS) is 17.8. The van der Waals surface area contributed by atoms with Crippen LogP contribution < -0.4 is 10.0 Å². The maximum absolute atomic E-state index is 12.9. The van der Waals surface area contributed by atoms with Crippen molar-refractivity contribution < 1.29 is 17.9 Å². The first-order valence-electron chi connectivity index (χ1n) is 9.26. The molecular formula is C20H22Cl2N2O4S. The Bertz CT molecular complexity index is 948. The Kier molecular flexibility index (Phi) is 7.54. The van der Waals surface area contributed by atoms with E-state index in [-0.39, 0.29) is 27.5 Å². The van der Waals surface area contributed by atoms with Crippen LogP contribution in [0.3, 0.4) is 0 Å². The van der Waals surface area contributed by atoms with Gasteiger partial charge >= 0.3 is 0 Å². The van der Waals surface area contributed by atoms with Crippen LogP contribution in [-0.2, 0) is 26.0 Å². The van der Waals surface area contributed by atoms with Crippen molar-refractivity contribution in [1.82, 2.24) is 10.0 Å². The first kappa shape index (κ1) is 22.1. The van der Waals surface area contributed by atoms with Crippen LogP contribution in [0.4, 0.5) is 0 Å². The molecule has 156 valence electrons. The van der Waals surface area contributed by atoms with Crippen molar-refractivity contribution in [3.63, 3.8) is 0 Å². The summed E-state index contributed by atoms with van der Waals surface area (Å²) in [5.41, 5.74) is 0.824. The van der Waals surface area contributed by atoms with Crippen molar-refractivity contribution in [2.45, 2.75) is 36.3 Å². The van der Waals surface area contributed by atoms with Crippen LogP contribution in [0, 0.1) is 0 Å². The van der Waals surface area contributed by atoms with Crippen LogP contribution in [0.15, 0.2) is 53.4 Å². The lowest BCUT2D eigenvalue weighted by molar-refractivity contribution is -0.123. The van der Waals surface area contributed by atoms with Gasteiger partial charge in [-0.25, -0.2) is 8.42 Å². The summed E-state index contributed by atoms with van der Waals surface area (Å²) in [5, 5.41) is 3.06. The number of sulfonamides is 1. The number of halogens is 2. The molecule has 2 aromatic carbocycles. The van der Waals surface area contributed by atoms with E-state index in [0.717, 1.165) is 18.4 Å². The molecule has 1 saturated heterocycles. The predicted molar refractivity (Wildman–Crippen MR) is 113 cm³/mol. The second-order valence-corrected chi connectivity index (χ2v) is 9.34. The molecule has 2 aromatic rings. The fourth-order valence-electron chi connectivity index (χ4n) is 3.11. The summed E-state index contributed by atoms with van der Waals surface area (Å²) in [6.45, 7) is 1.01. The van der Waals surface area contributed by atoms with E-state index in [2.05, 4.69) is 10.0 Å². The minimum Gasteiger partial charge on any atom is -0.376 e. The number of carbonyl (C=O) groups is 1. The number of carbonyl (C=O) groups excluding carboxylic acids is 1. The van der Waals surface area contributed by atoms with E-state index >= 15 is 0 Å². The standard InChI is InChI=1S/C20H22Cl2N2O4S/c21-15-8-9-17(22)19(12-15)29(26,27)24-18(11-14-5-2-1-3-6-14)20(25)23-13-16-7-4-10-28-16/h1-3,5-6,8-9,12,16,18,24H,4,7,10-11,13H2,(H,23,25)/t16-,18+/m1/s1. The van der Waals surface area contributed by atoms with Crippen molar-refractivity contribution >= 4 is 39.1 Å². The Labute approximate surface area is 180 Å². The van der Waals surface area contributed by atoms with E-state index in [0.29, 0.717) is 13.2 Å². The third-order valence-electron chi connectivity index (χ3n) is 4.61. The van der Waals surface area contributed by atoms with Gasteiger partial charge in [0.15, 0.2) is 0 Å². The molecule has 0 spiro atoms. The lowest BCUT2D eigenvalue weighted by atomic mass is 10.1. The lowest BCUT2D eigenvalue weighted by Crippen LogP contribution is -2.49. The first-order valence-corrected chi connectivity index (χ1v) is 11.5. The number of benzene rings is 2. The highest BCUT2D eigenvalue weighted by molar-refractivity contribution is 7.89. The summed E-state index contributed by atoms with van der Waals surface area (Å²) in [4.78, 5) is 12.6. The number of hydrogen-bond acceptors (Lipinski definition) is 4. The lowest BCUT2D eigenvalue weighted by Gasteiger charge is -2.20. The van der Waals surface area contributed by atoms with Gasteiger partial charge < -0.3 is 10.1 Å². The number of amides is 1. The van der Waals surface area contributed by atoms with Gasteiger partial charge in [-0.05, 0) is 43.0 Å². The third-order valence-corrected chi connectivity index (χ3v) is 6.80. The number of hydrogen-bond donors (Lipinski definition) is 2. The molecule has 0 aliphatic carbocycles. The van der Waals surface area contributed by atoms with Crippen molar-refractivity contribution in [3.8, 4) is 0 Å². The molecule has 0 bridgehead atoms. The molecule has 6 nitrogen and oxygen atoms in total. The van der Waals surface area contributed by atoms with Gasteiger partial charge in [-0.15, -0.1) is 0 Å². The number of nitrogens with one attached hydrogen (secondary N) is 2. The SMILES string of the molecule is O=C(NC[C@H]1CCCO1)[C@H](Cc1ccccc1)NS(=O)(=O)c1cc(Cl)ccc1Cl. The van der Waals surface area contributed by atoms with Crippen molar-refractivity contribution in [2.24, 2.45) is 0 Å². The molecular weight excluding hydrogens is 435 g/mol. The zero-order valence-corrected chi connectivity index (χ0v) is 17.9. The number of ether oxygens (including phenoxy) is 1. The van der Waals surface area contributed by atoms with E-state index in [1.54, 1.807) is 0 Å². The van der Waals surface area contributed by atoms with Crippen LogP contribution in [-0.4, -0.2) is 39.6 Å². The Morgan fingerprint density at radius 3 is 2.62 bits per heavy atom. The zero-order chi connectivity index (χ0) is 20.9. The summed E-state index contributed by atoms with van der Waals surface area (Å²) in [7, 11) is -4.07. The van der Waals surface area contributed by atoms with Crippen LogP contribution in [0.5, 0.6) is 0 Å². The van der Waals surface area contributed by atoms with Crippen LogP contribution in [0.25, 0.3) is 0 Å². The summed E-state index contributed by atoms with van der Waals surface area (Å²) < 4.78 is 33.8. The van der Waals surface area contributed by atoms with Gasteiger partial charge in [0.2, 0.25) is 15.9 Å². The van der Waals surface area contributed by atoms with Gasteiger partial charge in [0.25, 0.3) is 0 Å². The van der Waals surface area contributed by atoms with Gasteiger partial charge in [0.05, 0.1) is 11.1 Å². The molecule has 1 amide bonds. The quantitative estimate of drug-likeness (QED) is 0.638. The molecule has 1 aliphatic rings. The molecule has 1 heterocycles. The molecule has 0 aromatic heterocycles. The number of rotatable bonds is 8. The molecule has 0 unspecified atom stereocenters. The van der Waals surface area contributed by atoms with Crippen LogP contribution in [0.1, 0.15) is 18.4 Å². The van der Waals surface area contributed by atoms with E-state index < -0.39 is 22.0 Å². The van der Waals surface area contributed by atoms with E-state index in [1.165, 1.54) is 18.2 Å². The summed E-state index contributed by atoms with van der Waals surface area (Å²) in [6.07, 6.45) is 1.96. The van der Waals surface area contributed by atoms with Crippen molar-refractivity contribution in [3.05, 3.63) is 64.1 Å². The van der Waals surface area contributed by atoms with Crippen molar-refractivity contribution in [2.75, 3.05) is 13.2 Å². The second kappa shape index (κ2) is 9.91. The maximum Gasteiger partial charge on any atom is 0.242 e.